The number of halogens is 2. The lowest BCUT2D eigenvalue weighted by atomic mass is 9.97. The highest BCUT2D eigenvalue weighted by Gasteiger charge is 2.33. The van der Waals surface area contributed by atoms with Gasteiger partial charge in [0.2, 0.25) is 5.82 Å². The molecule has 1 aromatic heterocycles. The van der Waals surface area contributed by atoms with Gasteiger partial charge in [-0.05, 0) is 24.6 Å². The fourth-order valence-electron chi connectivity index (χ4n) is 3.03. The van der Waals surface area contributed by atoms with E-state index in [9.17, 15) is 18.9 Å². The summed E-state index contributed by atoms with van der Waals surface area (Å²) in [5.41, 5.74) is -0.487. The van der Waals surface area contributed by atoms with Gasteiger partial charge in [0.15, 0.2) is 0 Å². The molecule has 0 spiro atoms. The minimum Gasteiger partial charge on any atom is -0.350 e. The number of nitrogens with zero attached hydrogens (tertiary/aromatic N) is 4. The van der Waals surface area contributed by atoms with Gasteiger partial charge in [0.1, 0.15) is 23.3 Å². The Morgan fingerprint density at radius 1 is 1.33 bits per heavy atom. The molecule has 122 valence electrons. The molecule has 3 rings (SSSR count). The number of aromatic nitrogens is 1. The normalized spacial score (nSPS) is 16.9. The van der Waals surface area contributed by atoms with Gasteiger partial charge in [0.05, 0.1) is 4.92 Å². The fraction of sp³-hybridized carbons (Fsp3) is 0.250. The molecule has 0 saturated carbocycles. The minimum atomic E-state index is -0.655. The third-order valence-corrected chi connectivity index (χ3v) is 4.10. The molecule has 24 heavy (non-hydrogen) atoms. The lowest BCUT2D eigenvalue weighted by Crippen LogP contribution is -2.22. The first-order valence-electron chi connectivity index (χ1n) is 7.25. The molecule has 1 saturated heterocycles. The molecule has 1 unspecified atom stereocenters. The van der Waals surface area contributed by atoms with E-state index in [0.29, 0.717) is 13.0 Å². The molecule has 6 nitrogen and oxygen atoms in total. The zero-order valence-electron chi connectivity index (χ0n) is 12.4. The molecule has 2 aromatic rings. The van der Waals surface area contributed by atoms with Crippen molar-refractivity contribution in [2.75, 3.05) is 18.0 Å². The minimum absolute atomic E-state index is 0.0147. The third kappa shape index (κ3) is 2.65. The third-order valence-electron chi connectivity index (χ3n) is 4.10. The van der Waals surface area contributed by atoms with Crippen molar-refractivity contribution >= 4 is 11.5 Å². The first kappa shape index (κ1) is 15.8. The molecule has 0 aliphatic carbocycles. The van der Waals surface area contributed by atoms with Crippen LogP contribution in [0.5, 0.6) is 0 Å². The van der Waals surface area contributed by atoms with Crippen LogP contribution < -0.4 is 4.90 Å². The Kier molecular flexibility index (Phi) is 4.08. The summed E-state index contributed by atoms with van der Waals surface area (Å²) in [5.74, 6) is -1.64. The van der Waals surface area contributed by atoms with Crippen molar-refractivity contribution in [2.24, 2.45) is 0 Å². The van der Waals surface area contributed by atoms with Crippen LogP contribution in [0, 0.1) is 33.1 Å². The van der Waals surface area contributed by atoms with Crippen LogP contribution in [-0.2, 0) is 0 Å². The van der Waals surface area contributed by atoms with Gasteiger partial charge in [-0.1, -0.05) is 6.07 Å². The van der Waals surface area contributed by atoms with E-state index in [0.717, 1.165) is 0 Å². The SMILES string of the molecule is N#Cc1ccnc(N2CCC(c3c(F)cccc3F)C2)c1[N+](=O)[O-]. The highest BCUT2D eigenvalue weighted by molar-refractivity contribution is 5.66. The van der Waals surface area contributed by atoms with Crippen LogP contribution in [0.2, 0.25) is 0 Å². The summed E-state index contributed by atoms with van der Waals surface area (Å²) >= 11 is 0. The molecule has 0 amide bonds. The van der Waals surface area contributed by atoms with E-state index in [4.69, 9.17) is 5.26 Å². The van der Waals surface area contributed by atoms with Crippen LogP contribution in [0.3, 0.4) is 0 Å². The standard InChI is InChI=1S/C16H12F2N4O2/c17-12-2-1-3-13(18)14(12)11-5-7-21(9-11)16-15(22(23)24)10(8-19)4-6-20-16/h1-4,6,11H,5,7,9H2. The molecule has 1 aliphatic heterocycles. The molecule has 1 fully saturated rings. The first-order valence-corrected chi connectivity index (χ1v) is 7.25. The van der Waals surface area contributed by atoms with Gasteiger partial charge < -0.3 is 4.90 Å². The highest BCUT2D eigenvalue weighted by atomic mass is 19.1. The number of hydrogen-bond donors (Lipinski definition) is 0. The number of nitro groups is 1. The summed E-state index contributed by atoms with van der Waals surface area (Å²) in [7, 11) is 0. The van der Waals surface area contributed by atoms with Crippen molar-refractivity contribution in [3.8, 4) is 6.07 Å². The average Bonchev–Trinajstić information content (AvgIpc) is 3.03. The predicted octanol–water partition coefficient (Wildman–Crippen LogP) is 3.13. The van der Waals surface area contributed by atoms with Gasteiger partial charge in [-0.25, -0.2) is 13.8 Å². The number of benzene rings is 1. The smallest absolute Gasteiger partial charge is 0.329 e. The monoisotopic (exact) mass is 330 g/mol. The van der Waals surface area contributed by atoms with Crippen LogP contribution in [0.1, 0.15) is 23.5 Å². The van der Waals surface area contributed by atoms with Crippen molar-refractivity contribution in [3.05, 3.63) is 63.3 Å². The molecule has 1 aromatic carbocycles. The zero-order chi connectivity index (χ0) is 17.3. The summed E-state index contributed by atoms with van der Waals surface area (Å²) in [4.78, 5) is 16.2. The van der Waals surface area contributed by atoms with Crippen molar-refractivity contribution in [1.82, 2.24) is 4.98 Å². The van der Waals surface area contributed by atoms with E-state index < -0.39 is 22.5 Å². The van der Waals surface area contributed by atoms with Crippen LogP contribution in [-0.4, -0.2) is 23.0 Å². The maximum absolute atomic E-state index is 13.9. The second kappa shape index (κ2) is 6.20. The molecule has 8 heteroatoms. The Bertz CT molecular complexity index is 830. The van der Waals surface area contributed by atoms with Gasteiger partial charge in [-0.3, -0.25) is 10.1 Å². The van der Waals surface area contributed by atoms with Crippen molar-refractivity contribution in [3.63, 3.8) is 0 Å². The van der Waals surface area contributed by atoms with E-state index in [-0.39, 0.29) is 29.2 Å². The van der Waals surface area contributed by atoms with E-state index in [2.05, 4.69) is 4.98 Å². The first-order chi connectivity index (χ1) is 11.5. The molecule has 0 radical (unpaired) electrons. The Labute approximate surface area is 136 Å². The van der Waals surface area contributed by atoms with Gasteiger partial charge in [0.25, 0.3) is 0 Å². The van der Waals surface area contributed by atoms with Crippen molar-refractivity contribution in [2.45, 2.75) is 12.3 Å². The van der Waals surface area contributed by atoms with Crippen LogP contribution in [0.15, 0.2) is 30.5 Å². The largest absolute Gasteiger partial charge is 0.350 e. The fourth-order valence-corrected chi connectivity index (χ4v) is 3.03. The second-order valence-corrected chi connectivity index (χ2v) is 5.47. The highest BCUT2D eigenvalue weighted by Crippen LogP contribution is 2.37. The summed E-state index contributed by atoms with van der Waals surface area (Å²) in [5, 5.41) is 20.3. The lowest BCUT2D eigenvalue weighted by molar-refractivity contribution is -0.384. The Balaban J connectivity index is 1.95. The van der Waals surface area contributed by atoms with Crippen LogP contribution >= 0.6 is 0 Å². The van der Waals surface area contributed by atoms with E-state index in [1.165, 1.54) is 30.5 Å². The lowest BCUT2D eigenvalue weighted by Gasteiger charge is -2.18. The Hall–Kier alpha value is -3.08. The number of rotatable bonds is 3. The van der Waals surface area contributed by atoms with Crippen molar-refractivity contribution in [1.29, 1.82) is 5.26 Å². The topological polar surface area (TPSA) is 83.1 Å². The molecular formula is C16H12F2N4O2. The zero-order valence-corrected chi connectivity index (χ0v) is 12.4. The van der Waals surface area contributed by atoms with Gasteiger partial charge in [0, 0.05) is 30.8 Å². The Morgan fingerprint density at radius 2 is 2.04 bits per heavy atom. The second-order valence-electron chi connectivity index (χ2n) is 5.47. The predicted molar refractivity (Wildman–Crippen MR) is 81.5 cm³/mol. The molecule has 0 bridgehead atoms. The molecule has 2 heterocycles. The maximum atomic E-state index is 13.9. The van der Waals surface area contributed by atoms with Gasteiger partial charge in [-0.15, -0.1) is 0 Å². The van der Waals surface area contributed by atoms with Gasteiger partial charge in [-0.2, -0.15) is 5.26 Å². The summed E-state index contributed by atoms with van der Waals surface area (Å²) < 4.78 is 27.9. The molecular weight excluding hydrogens is 318 g/mol. The van der Waals surface area contributed by atoms with E-state index >= 15 is 0 Å². The molecule has 0 N–H and O–H groups in total. The number of nitriles is 1. The van der Waals surface area contributed by atoms with Crippen LogP contribution in [0.4, 0.5) is 20.3 Å². The summed E-state index contributed by atoms with van der Waals surface area (Å²) in [6, 6.07) is 6.72. The maximum Gasteiger partial charge on any atom is 0.329 e. The summed E-state index contributed by atoms with van der Waals surface area (Å²) in [6.07, 6.45) is 1.76. The van der Waals surface area contributed by atoms with E-state index in [1.54, 1.807) is 11.0 Å². The number of hydrogen-bond acceptors (Lipinski definition) is 5. The Morgan fingerprint density at radius 3 is 2.67 bits per heavy atom. The molecule has 1 aliphatic rings. The number of anilines is 1. The van der Waals surface area contributed by atoms with Crippen LogP contribution in [0.25, 0.3) is 0 Å². The van der Waals surface area contributed by atoms with Gasteiger partial charge >= 0.3 is 5.69 Å². The van der Waals surface area contributed by atoms with Crippen molar-refractivity contribution < 1.29 is 13.7 Å². The number of pyridine rings is 1. The molecule has 1 atom stereocenters. The van der Waals surface area contributed by atoms with E-state index in [1.807, 2.05) is 0 Å². The quantitative estimate of drug-likeness (QED) is 0.638. The summed E-state index contributed by atoms with van der Waals surface area (Å²) in [6.45, 7) is 0.557. The average molecular weight is 330 g/mol.